The van der Waals surface area contributed by atoms with Crippen molar-refractivity contribution in [1.29, 1.82) is 0 Å². The van der Waals surface area contributed by atoms with Gasteiger partial charge in [-0.2, -0.15) is 0 Å². The monoisotopic (exact) mass is 394 g/mol. The third kappa shape index (κ3) is 4.27. The first-order valence-corrected chi connectivity index (χ1v) is 10.6. The smallest absolute Gasteiger partial charge is 0.261 e. The van der Waals surface area contributed by atoms with E-state index in [4.69, 9.17) is 0 Å². The first-order chi connectivity index (χ1) is 13.1. The Bertz CT molecular complexity index is 869. The predicted octanol–water partition coefficient (Wildman–Crippen LogP) is 3.35. The number of benzene rings is 1. The molecule has 2 aromatic rings. The number of alkyl halides is 1. The molecule has 2 atom stereocenters. The highest BCUT2D eigenvalue weighted by Crippen LogP contribution is 2.27. The molecule has 0 unspecified atom stereocenters. The molecule has 8 heteroatoms. The van der Waals surface area contributed by atoms with E-state index in [-0.39, 0.29) is 10.6 Å². The zero-order valence-corrected chi connectivity index (χ0v) is 15.9. The standard InChI is InChI=1S/C19H24F2N4OS/c20-13-7-12(23-11-3-1-2-4-11)8-15-18(13)19(26)25-17(24-15)10-27-16-5-6-22-9-14(16)21/h7-8,11,14,16,22-23H,1-6,9-10H2,(H,24,25,26)/t14-,16-/m1/s1. The number of fused-ring (bicyclic) bond motifs is 1. The van der Waals surface area contributed by atoms with Crippen molar-refractivity contribution in [2.75, 3.05) is 18.4 Å². The largest absolute Gasteiger partial charge is 0.382 e. The molecular formula is C19H24F2N4OS. The summed E-state index contributed by atoms with van der Waals surface area (Å²) < 4.78 is 28.4. The highest BCUT2D eigenvalue weighted by Gasteiger charge is 2.25. The Morgan fingerprint density at radius 3 is 2.85 bits per heavy atom. The number of nitrogens with zero attached hydrogens (tertiary/aromatic N) is 1. The molecule has 1 aromatic carbocycles. The van der Waals surface area contributed by atoms with E-state index in [9.17, 15) is 13.6 Å². The number of nitrogens with one attached hydrogen (secondary N) is 3. The van der Waals surface area contributed by atoms with Crippen LogP contribution in [0.15, 0.2) is 16.9 Å². The fourth-order valence-electron chi connectivity index (χ4n) is 3.90. The molecule has 1 aromatic heterocycles. The van der Waals surface area contributed by atoms with Crippen molar-refractivity contribution < 1.29 is 8.78 Å². The second-order valence-electron chi connectivity index (χ2n) is 7.35. The molecule has 0 radical (unpaired) electrons. The van der Waals surface area contributed by atoms with Gasteiger partial charge >= 0.3 is 0 Å². The van der Waals surface area contributed by atoms with Crippen molar-refractivity contribution in [3.05, 3.63) is 34.1 Å². The van der Waals surface area contributed by atoms with Crippen LogP contribution in [-0.4, -0.2) is 40.5 Å². The lowest BCUT2D eigenvalue weighted by molar-refractivity contribution is 0.275. The first kappa shape index (κ1) is 18.7. The summed E-state index contributed by atoms with van der Waals surface area (Å²) in [5.41, 5.74) is 0.519. The average Bonchev–Trinajstić information content (AvgIpc) is 3.13. The number of aromatic amines is 1. The van der Waals surface area contributed by atoms with Gasteiger partial charge in [-0.05, 0) is 37.9 Å². The fourth-order valence-corrected chi connectivity index (χ4v) is 5.00. The van der Waals surface area contributed by atoms with Crippen molar-refractivity contribution in [3.63, 3.8) is 0 Å². The van der Waals surface area contributed by atoms with Crippen LogP contribution in [0.2, 0.25) is 0 Å². The lowest BCUT2D eigenvalue weighted by atomic mass is 10.1. The Morgan fingerprint density at radius 1 is 1.26 bits per heavy atom. The van der Waals surface area contributed by atoms with Crippen LogP contribution < -0.4 is 16.2 Å². The topological polar surface area (TPSA) is 69.8 Å². The lowest BCUT2D eigenvalue weighted by Crippen LogP contribution is -2.39. The molecule has 2 aliphatic rings. The van der Waals surface area contributed by atoms with Crippen molar-refractivity contribution in [2.24, 2.45) is 0 Å². The van der Waals surface area contributed by atoms with Crippen molar-refractivity contribution >= 4 is 28.4 Å². The SMILES string of the molecule is O=c1[nH]c(CS[C@@H]2CCNC[C@H]2F)nc2cc(NC3CCCC3)cc(F)c12. The highest BCUT2D eigenvalue weighted by molar-refractivity contribution is 7.99. The van der Waals surface area contributed by atoms with Gasteiger partial charge in [-0.1, -0.05) is 12.8 Å². The van der Waals surface area contributed by atoms with Crippen LogP contribution in [0.3, 0.4) is 0 Å². The summed E-state index contributed by atoms with van der Waals surface area (Å²) in [7, 11) is 0. The molecule has 1 aliphatic heterocycles. The van der Waals surface area contributed by atoms with Crippen LogP contribution in [-0.2, 0) is 5.75 Å². The van der Waals surface area contributed by atoms with Crippen LogP contribution in [0.1, 0.15) is 37.9 Å². The number of piperidine rings is 1. The van der Waals surface area contributed by atoms with E-state index in [1.807, 2.05) is 0 Å². The maximum absolute atomic E-state index is 14.5. The van der Waals surface area contributed by atoms with Gasteiger partial charge < -0.3 is 15.6 Å². The summed E-state index contributed by atoms with van der Waals surface area (Å²) in [6.45, 7) is 1.15. The van der Waals surface area contributed by atoms with Gasteiger partial charge in [0.1, 0.15) is 23.2 Å². The number of hydrogen-bond acceptors (Lipinski definition) is 5. The summed E-state index contributed by atoms with van der Waals surface area (Å²) in [4.78, 5) is 19.4. The normalized spacial score (nSPS) is 23.8. The van der Waals surface area contributed by atoms with E-state index in [1.165, 1.54) is 30.7 Å². The zero-order valence-electron chi connectivity index (χ0n) is 15.1. The minimum atomic E-state index is -0.907. The van der Waals surface area contributed by atoms with Gasteiger partial charge in [0.05, 0.1) is 11.3 Å². The highest BCUT2D eigenvalue weighted by atomic mass is 32.2. The van der Waals surface area contributed by atoms with Gasteiger partial charge in [0, 0.05) is 23.5 Å². The summed E-state index contributed by atoms with van der Waals surface area (Å²) in [5, 5.41) is 6.24. The molecule has 2 fully saturated rings. The number of halogens is 2. The van der Waals surface area contributed by atoms with E-state index in [1.54, 1.807) is 6.07 Å². The molecule has 0 bridgehead atoms. The Labute approximate surface area is 160 Å². The van der Waals surface area contributed by atoms with Gasteiger partial charge in [-0.25, -0.2) is 13.8 Å². The van der Waals surface area contributed by atoms with Gasteiger partial charge in [-0.3, -0.25) is 4.79 Å². The van der Waals surface area contributed by atoms with Gasteiger partial charge in [0.25, 0.3) is 5.56 Å². The van der Waals surface area contributed by atoms with E-state index in [2.05, 4.69) is 20.6 Å². The maximum atomic E-state index is 14.5. The molecular weight excluding hydrogens is 370 g/mol. The van der Waals surface area contributed by atoms with Gasteiger partial charge in [0.15, 0.2) is 0 Å². The maximum Gasteiger partial charge on any atom is 0.261 e. The van der Waals surface area contributed by atoms with Gasteiger partial charge in [0.2, 0.25) is 0 Å². The third-order valence-electron chi connectivity index (χ3n) is 5.32. The number of thioether (sulfide) groups is 1. The molecule has 4 rings (SSSR count). The number of aromatic nitrogens is 2. The summed E-state index contributed by atoms with van der Waals surface area (Å²) >= 11 is 1.45. The van der Waals surface area contributed by atoms with Crippen LogP contribution in [0, 0.1) is 5.82 Å². The Kier molecular flexibility index (Phi) is 5.63. The third-order valence-corrected chi connectivity index (χ3v) is 6.72. The first-order valence-electron chi connectivity index (χ1n) is 9.55. The minimum Gasteiger partial charge on any atom is -0.382 e. The average molecular weight is 394 g/mol. The van der Waals surface area contributed by atoms with Crippen LogP contribution in [0.4, 0.5) is 14.5 Å². The molecule has 2 heterocycles. The summed E-state index contributed by atoms with van der Waals surface area (Å²) in [6, 6.07) is 3.46. The molecule has 0 amide bonds. The van der Waals surface area contributed by atoms with Crippen LogP contribution in [0.5, 0.6) is 0 Å². The van der Waals surface area contributed by atoms with Crippen molar-refractivity contribution in [3.8, 4) is 0 Å². The quantitative estimate of drug-likeness (QED) is 0.726. The molecule has 1 aliphatic carbocycles. The molecule has 1 saturated carbocycles. The number of H-pyrrole nitrogens is 1. The van der Waals surface area contributed by atoms with Gasteiger partial charge in [-0.15, -0.1) is 11.8 Å². The molecule has 0 spiro atoms. The second-order valence-corrected chi connectivity index (χ2v) is 8.58. The number of rotatable bonds is 5. The molecule has 3 N–H and O–H groups in total. The summed E-state index contributed by atoms with van der Waals surface area (Å²) in [5.74, 6) is 0.293. The lowest BCUT2D eigenvalue weighted by Gasteiger charge is -2.25. The molecule has 146 valence electrons. The fraction of sp³-hybridized carbons (Fsp3) is 0.579. The van der Waals surface area contributed by atoms with E-state index in [0.29, 0.717) is 35.4 Å². The van der Waals surface area contributed by atoms with Crippen LogP contribution in [0.25, 0.3) is 10.9 Å². The minimum absolute atomic E-state index is 0.0223. The summed E-state index contributed by atoms with van der Waals surface area (Å²) in [6.07, 6.45) is 4.35. The van der Waals surface area contributed by atoms with Crippen molar-refractivity contribution in [2.45, 2.75) is 55.3 Å². The Balaban J connectivity index is 1.55. The zero-order chi connectivity index (χ0) is 18.8. The molecule has 27 heavy (non-hydrogen) atoms. The Morgan fingerprint density at radius 2 is 2.07 bits per heavy atom. The molecule has 1 saturated heterocycles. The van der Waals surface area contributed by atoms with E-state index in [0.717, 1.165) is 25.8 Å². The van der Waals surface area contributed by atoms with Crippen molar-refractivity contribution in [1.82, 2.24) is 15.3 Å². The Hall–Kier alpha value is -1.67. The van der Waals surface area contributed by atoms with E-state index < -0.39 is 17.5 Å². The molecule has 5 nitrogen and oxygen atoms in total. The second kappa shape index (κ2) is 8.14. The van der Waals surface area contributed by atoms with Crippen LogP contribution >= 0.6 is 11.8 Å². The predicted molar refractivity (Wildman–Crippen MR) is 106 cm³/mol. The number of anilines is 1. The number of hydrogen-bond donors (Lipinski definition) is 3. The van der Waals surface area contributed by atoms with E-state index >= 15 is 0 Å².